The topological polar surface area (TPSA) is 58.6 Å². The van der Waals surface area contributed by atoms with E-state index in [4.69, 9.17) is 17.0 Å². The standard InChI is InChI=1S/C17H22N2O3S/c1-4-22-16(21)14(15(20)12-8-6-5-7-9-12)13-10-11(2)18-17(23)19(13)3/h5-9,11,13-14H,4,10H2,1-3H3,(H,18,23)/t11-,13+,14-/m0/s1. The maximum atomic E-state index is 12.9. The predicted molar refractivity (Wildman–Crippen MR) is 92.3 cm³/mol. The largest absolute Gasteiger partial charge is 0.465 e. The van der Waals surface area contributed by atoms with Gasteiger partial charge in [0.25, 0.3) is 0 Å². The van der Waals surface area contributed by atoms with Crippen LogP contribution in [0.4, 0.5) is 0 Å². The number of carbonyl (C=O) groups excluding carboxylic acids is 2. The molecule has 1 aliphatic heterocycles. The maximum absolute atomic E-state index is 12.9. The highest BCUT2D eigenvalue weighted by Crippen LogP contribution is 2.25. The molecular weight excluding hydrogens is 312 g/mol. The van der Waals surface area contributed by atoms with E-state index in [0.717, 1.165) is 0 Å². The number of Topliss-reactive ketones (excluding diaryl/α,β-unsaturated/α-hetero) is 1. The summed E-state index contributed by atoms with van der Waals surface area (Å²) >= 11 is 5.31. The zero-order valence-corrected chi connectivity index (χ0v) is 14.4. The number of benzene rings is 1. The molecule has 0 amide bonds. The van der Waals surface area contributed by atoms with Gasteiger partial charge in [-0.25, -0.2) is 0 Å². The number of ketones is 1. The van der Waals surface area contributed by atoms with Crippen LogP contribution in [0.15, 0.2) is 30.3 Å². The van der Waals surface area contributed by atoms with Gasteiger partial charge in [0, 0.05) is 18.7 Å². The lowest BCUT2D eigenvalue weighted by molar-refractivity contribution is -0.148. The van der Waals surface area contributed by atoms with E-state index in [1.807, 2.05) is 13.0 Å². The van der Waals surface area contributed by atoms with Crippen LogP contribution in [0.3, 0.4) is 0 Å². The summed E-state index contributed by atoms with van der Waals surface area (Å²) in [6.45, 7) is 3.97. The number of nitrogens with zero attached hydrogens (tertiary/aromatic N) is 1. The molecule has 0 spiro atoms. The summed E-state index contributed by atoms with van der Waals surface area (Å²) in [5.74, 6) is -1.60. The highest BCUT2D eigenvalue weighted by molar-refractivity contribution is 7.80. The van der Waals surface area contributed by atoms with E-state index in [9.17, 15) is 9.59 Å². The molecule has 6 heteroatoms. The number of rotatable bonds is 5. The molecule has 1 aliphatic rings. The van der Waals surface area contributed by atoms with E-state index in [-0.39, 0.29) is 24.5 Å². The van der Waals surface area contributed by atoms with Crippen LogP contribution in [-0.4, -0.2) is 47.5 Å². The smallest absolute Gasteiger partial charge is 0.318 e. The second-order valence-electron chi connectivity index (χ2n) is 5.72. The Balaban J connectivity index is 2.35. The molecule has 1 aromatic rings. The van der Waals surface area contributed by atoms with Crippen LogP contribution < -0.4 is 5.32 Å². The van der Waals surface area contributed by atoms with E-state index in [1.165, 1.54) is 0 Å². The van der Waals surface area contributed by atoms with Gasteiger partial charge in [-0.15, -0.1) is 0 Å². The van der Waals surface area contributed by atoms with Crippen LogP contribution in [0, 0.1) is 5.92 Å². The van der Waals surface area contributed by atoms with Crippen molar-refractivity contribution in [3.05, 3.63) is 35.9 Å². The van der Waals surface area contributed by atoms with Gasteiger partial charge in [0.1, 0.15) is 5.92 Å². The molecule has 1 heterocycles. The lowest BCUT2D eigenvalue weighted by atomic mass is 9.85. The van der Waals surface area contributed by atoms with Gasteiger partial charge in [-0.05, 0) is 32.5 Å². The number of hydrogen-bond acceptors (Lipinski definition) is 4. The Morgan fingerprint density at radius 3 is 2.65 bits per heavy atom. The van der Waals surface area contributed by atoms with Crippen molar-refractivity contribution in [2.75, 3.05) is 13.7 Å². The molecule has 1 aromatic carbocycles. The first-order chi connectivity index (χ1) is 11.0. The monoisotopic (exact) mass is 334 g/mol. The van der Waals surface area contributed by atoms with E-state index in [2.05, 4.69) is 5.32 Å². The maximum Gasteiger partial charge on any atom is 0.318 e. The van der Waals surface area contributed by atoms with Crippen LogP contribution in [-0.2, 0) is 9.53 Å². The second-order valence-corrected chi connectivity index (χ2v) is 6.11. The van der Waals surface area contributed by atoms with Crippen LogP contribution in [0.5, 0.6) is 0 Å². The first-order valence-corrected chi connectivity index (χ1v) is 8.15. The molecule has 1 N–H and O–H groups in total. The Morgan fingerprint density at radius 1 is 1.39 bits per heavy atom. The van der Waals surface area contributed by atoms with Crippen molar-refractivity contribution in [2.24, 2.45) is 5.92 Å². The van der Waals surface area contributed by atoms with Crippen molar-refractivity contribution < 1.29 is 14.3 Å². The van der Waals surface area contributed by atoms with Gasteiger partial charge in [0.15, 0.2) is 10.9 Å². The first-order valence-electron chi connectivity index (χ1n) is 7.75. The molecule has 0 unspecified atom stereocenters. The third-order valence-corrected chi connectivity index (χ3v) is 4.45. The number of esters is 1. The Hall–Kier alpha value is -1.95. The molecule has 0 saturated carbocycles. The van der Waals surface area contributed by atoms with Crippen molar-refractivity contribution in [1.29, 1.82) is 0 Å². The normalized spacial score (nSPS) is 22.2. The third kappa shape index (κ3) is 3.88. The van der Waals surface area contributed by atoms with Gasteiger partial charge in [0.05, 0.1) is 12.6 Å². The number of ether oxygens (including phenoxy) is 1. The van der Waals surface area contributed by atoms with Gasteiger partial charge >= 0.3 is 5.97 Å². The van der Waals surface area contributed by atoms with Crippen LogP contribution in [0.1, 0.15) is 30.6 Å². The van der Waals surface area contributed by atoms with Crippen LogP contribution >= 0.6 is 12.2 Å². The molecule has 1 saturated heterocycles. The molecule has 124 valence electrons. The fourth-order valence-corrected chi connectivity index (χ4v) is 3.19. The summed E-state index contributed by atoms with van der Waals surface area (Å²) < 4.78 is 5.17. The summed E-state index contributed by atoms with van der Waals surface area (Å²) in [5, 5.41) is 3.70. The molecule has 5 nitrogen and oxygen atoms in total. The van der Waals surface area contributed by atoms with Gasteiger partial charge in [-0.1, -0.05) is 30.3 Å². The van der Waals surface area contributed by atoms with Crippen LogP contribution in [0.2, 0.25) is 0 Å². The minimum absolute atomic E-state index is 0.101. The first kappa shape index (κ1) is 17.4. The fraction of sp³-hybridized carbons (Fsp3) is 0.471. The molecular formula is C17H22N2O3S. The van der Waals surface area contributed by atoms with Crippen LogP contribution in [0.25, 0.3) is 0 Å². The lowest BCUT2D eigenvalue weighted by Crippen LogP contribution is -2.59. The number of thiocarbonyl (C=S) groups is 1. The summed E-state index contributed by atoms with van der Waals surface area (Å²) in [7, 11) is 1.80. The Kier molecular flexibility index (Phi) is 5.71. The molecule has 0 aromatic heterocycles. The zero-order chi connectivity index (χ0) is 17.0. The molecule has 0 aliphatic carbocycles. The van der Waals surface area contributed by atoms with Crippen molar-refractivity contribution in [3.63, 3.8) is 0 Å². The average Bonchev–Trinajstić information content (AvgIpc) is 2.53. The third-order valence-electron chi connectivity index (χ3n) is 4.05. The molecule has 23 heavy (non-hydrogen) atoms. The van der Waals surface area contributed by atoms with E-state index in [1.54, 1.807) is 43.1 Å². The van der Waals surface area contributed by atoms with Gasteiger partial charge in [-0.2, -0.15) is 0 Å². The van der Waals surface area contributed by atoms with Crippen molar-refractivity contribution in [2.45, 2.75) is 32.4 Å². The fourth-order valence-electron chi connectivity index (χ4n) is 2.86. The SMILES string of the molecule is CCOC(=O)[C@H](C(=O)c1ccccc1)[C@H]1C[C@H](C)NC(=S)N1C. The highest BCUT2D eigenvalue weighted by Gasteiger charge is 2.42. The van der Waals surface area contributed by atoms with E-state index >= 15 is 0 Å². The summed E-state index contributed by atoms with van der Waals surface area (Å²) in [6, 6.07) is 8.64. The quantitative estimate of drug-likeness (QED) is 0.385. The number of nitrogens with one attached hydrogen (secondary N) is 1. The van der Waals surface area contributed by atoms with Gasteiger partial charge in [0.2, 0.25) is 0 Å². The lowest BCUT2D eigenvalue weighted by Gasteiger charge is -2.41. The van der Waals surface area contributed by atoms with Crippen molar-refractivity contribution in [1.82, 2.24) is 10.2 Å². The molecule has 1 fully saturated rings. The Bertz CT molecular complexity index is 591. The summed E-state index contributed by atoms with van der Waals surface area (Å²) in [4.78, 5) is 27.2. The average molecular weight is 334 g/mol. The van der Waals surface area contributed by atoms with Gasteiger partial charge < -0.3 is 15.0 Å². The highest BCUT2D eigenvalue weighted by atomic mass is 32.1. The van der Waals surface area contributed by atoms with E-state index < -0.39 is 11.9 Å². The van der Waals surface area contributed by atoms with Crippen molar-refractivity contribution >= 4 is 29.1 Å². The van der Waals surface area contributed by atoms with E-state index in [0.29, 0.717) is 17.1 Å². The molecule has 3 atom stereocenters. The Labute approximate surface area is 142 Å². The predicted octanol–water partition coefficient (Wildman–Crippen LogP) is 2.02. The van der Waals surface area contributed by atoms with Gasteiger partial charge in [-0.3, -0.25) is 9.59 Å². The molecule has 0 radical (unpaired) electrons. The summed E-state index contributed by atoms with van der Waals surface area (Å²) in [5.41, 5.74) is 0.510. The number of hydrogen-bond donors (Lipinski definition) is 1. The minimum Gasteiger partial charge on any atom is -0.465 e. The number of carbonyl (C=O) groups is 2. The second kappa shape index (κ2) is 7.55. The van der Waals surface area contributed by atoms with Crippen molar-refractivity contribution in [3.8, 4) is 0 Å². The molecule has 0 bridgehead atoms. The minimum atomic E-state index is -0.884. The molecule has 2 rings (SSSR count). The summed E-state index contributed by atoms with van der Waals surface area (Å²) in [6.07, 6.45) is 0.638. The Morgan fingerprint density at radius 2 is 2.04 bits per heavy atom. The zero-order valence-electron chi connectivity index (χ0n) is 13.6.